The van der Waals surface area contributed by atoms with E-state index in [2.05, 4.69) is 10.1 Å². The Morgan fingerprint density at radius 3 is 2.55 bits per heavy atom. The highest BCUT2D eigenvalue weighted by Crippen LogP contribution is 2.38. The number of carbonyl (C=O) groups excluding carboxylic acids is 1. The molecule has 0 radical (unpaired) electrons. The van der Waals surface area contributed by atoms with E-state index in [0.29, 0.717) is 10.7 Å². The molecule has 2 aliphatic rings. The molecule has 2 aromatic carbocycles. The van der Waals surface area contributed by atoms with Crippen LogP contribution >= 0.6 is 11.8 Å². The van der Waals surface area contributed by atoms with Crippen LogP contribution in [-0.4, -0.2) is 44.4 Å². The summed E-state index contributed by atoms with van der Waals surface area (Å²) in [7, 11) is 1.35. The number of hydrazone groups is 1. The topological polar surface area (TPSA) is 174 Å². The zero-order valence-electron chi connectivity index (χ0n) is 16.6. The van der Waals surface area contributed by atoms with Crippen molar-refractivity contribution in [2.24, 2.45) is 10.1 Å². The molecule has 166 valence electrons. The molecule has 14 heteroatoms. The van der Waals surface area contributed by atoms with Gasteiger partial charge in [-0.2, -0.15) is 15.1 Å². The summed E-state index contributed by atoms with van der Waals surface area (Å²) in [5.74, 6) is -0.671. The number of nitro benzene ring substituents is 2. The minimum Gasteiger partial charge on any atom is -0.493 e. The number of amides is 1. The first-order chi connectivity index (χ1) is 15.8. The second-order valence-corrected chi connectivity index (χ2v) is 7.25. The van der Waals surface area contributed by atoms with E-state index >= 15 is 0 Å². The maximum absolute atomic E-state index is 12.3. The number of nitrogens with zero attached hydrogens (tertiary/aromatic N) is 5. The Morgan fingerprint density at radius 1 is 1.09 bits per heavy atom. The van der Waals surface area contributed by atoms with Gasteiger partial charge >= 0.3 is 5.69 Å². The monoisotopic (exact) mass is 468 g/mol. The van der Waals surface area contributed by atoms with E-state index in [1.165, 1.54) is 35.9 Å². The third-order valence-electron chi connectivity index (χ3n) is 4.47. The first-order valence-corrected chi connectivity index (χ1v) is 9.88. The number of carbonyl (C=O) groups is 1. The highest BCUT2D eigenvalue weighted by Gasteiger charge is 2.32. The van der Waals surface area contributed by atoms with E-state index in [1.807, 2.05) is 0 Å². The summed E-state index contributed by atoms with van der Waals surface area (Å²) in [6, 6.07) is 7.51. The van der Waals surface area contributed by atoms with Gasteiger partial charge in [0.15, 0.2) is 22.5 Å². The third kappa shape index (κ3) is 4.14. The van der Waals surface area contributed by atoms with E-state index < -0.39 is 27.1 Å². The fourth-order valence-electron chi connectivity index (χ4n) is 2.93. The number of rotatable bonds is 6. The molecule has 1 amide bonds. The summed E-state index contributed by atoms with van der Waals surface area (Å²) in [6.07, 6.45) is 1.43. The fourth-order valence-corrected chi connectivity index (χ4v) is 3.54. The van der Waals surface area contributed by atoms with Crippen LogP contribution in [0.3, 0.4) is 0 Å². The molecule has 2 aliphatic heterocycles. The van der Waals surface area contributed by atoms with Gasteiger partial charge in [0.05, 0.1) is 34.1 Å². The van der Waals surface area contributed by atoms with E-state index in [9.17, 15) is 25.0 Å². The SMILES string of the molecule is COc1cc(/C=C2\C(=N)N3N=CSC3=NC2=O)ccc1Oc1ccc([N+](=O)[O-])cc1[N+](=O)[O-]. The number of hydrogen-bond donors (Lipinski definition) is 1. The number of nitrogens with one attached hydrogen (secondary N) is 1. The molecule has 0 aliphatic carbocycles. The Kier molecular flexibility index (Phi) is 5.58. The quantitative estimate of drug-likeness (QED) is 0.377. The lowest BCUT2D eigenvalue weighted by Crippen LogP contribution is -2.35. The zero-order chi connectivity index (χ0) is 23.7. The molecule has 1 N–H and O–H groups in total. The lowest BCUT2D eigenvalue weighted by atomic mass is 10.1. The lowest BCUT2D eigenvalue weighted by molar-refractivity contribution is -0.394. The fraction of sp³-hybridized carbons (Fsp3) is 0.0526. The summed E-state index contributed by atoms with van der Waals surface area (Å²) in [5.41, 5.74) is 0.918. The highest BCUT2D eigenvalue weighted by atomic mass is 32.2. The average molecular weight is 468 g/mol. The number of aliphatic imine (C=N–C) groups is 1. The van der Waals surface area contributed by atoms with Gasteiger partial charge < -0.3 is 9.47 Å². The second-order valence-electron chi connectivity index (χ2n) is 6.44. The number of fused-ring (bicyclic) bond motifs is 1. The predicted octanol–water partition coefficient (Wildman–Crippen LogP) is 3.55. The van der Waals surface area contributed by atoms with E-state index in [0.717, 1.165) is 30.0 Å². The smallest absolute Gasteiger partial charge is 0.318 e. The number of methoxy groups -OCH3 is 1. The van der Waals surface area contributed by atoms with Gasteiger partial charge in [-0.15, -0.1) is 0 Å². The molecule has 0 aromatic heterocycles. The Hall–Kier alpha value is -4.59. The maximum atomic E-state index is 12.3. The summed E-state index contributed by atoms with van der Waals surface area (Å²) < 4.78 is 10.9. The third-order valence-corrected chi connectivity index (χ3v) is 5.14. The number of nitro groups is 2. The Labute approximate surface area is 188 Å². The summed E-state index contributed by atoms with van der Waals surface area (Å²) >= 11 is 1.13. The summed E-state index contributed by atoms with van der Waals surface area (Å²) in [5, 5.41) is 36.0. The molecule has 0 saturated carbocycles. The molecule has 0 fully saturated rings. The molecule has 0 bridgehead atoms. The van der Waals surface area contributed by atoms with Crippen LogP contribution in [0.1, 0.15) is 5.56 Å². The Morgan fingerprint density at radius 2 is 1.85 bits per heavy atom. The molecule has 13 nitrogen and oxygen atoms in total. The lowest BCUT2D eigenvalue weighted by Gasteiger charge is -2.20. The van der Waals surface area contributed by atoms with Crippen molar-refractivity contribution in [2.45, 2.75) is 0 Å². The molecule has 4 rings (SSSR count). The van der Waals surface area contributed by atoms with Crippen LogP contribution in [-0.2, 0) is 4.79 Å². The van der Waals surface area contributed by atoms with Crippen molar-refractivity contribution in [1.29, 1.82) is 5.41 Å². The van der Waals surface area contributed by atoms with Crippen LogP contribution in [0.4, 0.5) is 11.4 Å². The minimum absolute atomic E-state index is 0.0140. The van der Waals surface area contributed by atoms with Gasteiger partial charge in [0.1, 0.15) is 0 Å². The van der Waals surface area contributed by atoms with Crippen molar-refractivity contribution in [3.63, 3.8) is 0 Å². The van der Waals surface area contributed by atoms with E-state index in [4.69, 9.17) is 14.9 Å². The Bertz CT molecular complexity index is 1320. The summed E-state index contributed by atoms with van der Waals surface area (Å²) in [4.78, 5) is 36.9. The van der Waals surface area contributed by atoms with Crippen molar-refractivity contribution in [3.05, 3.63) is 67.8 Å². The number of hydrogen-bond acceptors (Lipinski definition) is 10. The van der Waals surface area contributed by atoms with Gasteiger partial charge in [0, 0.05) is 6.07 Å². The predicted molar refractivity (Wildman–Crippen MR) is 119 cm³/mol. The number of amidine groups is 2. The minimum atomic E-state index is -0.790. The normalized spacial score (nSPS) is 16.0. The van der Waals surface area contributed by atoms with E-state index in [1.54, 1.807) is 6.07 Å². The first-order valence-electron chi connectivity index (χ1n) is 9.00. The van der Waals surface area contributed by atoms with Crippen molar-refractivity contribution in [2.75, 3.05) is 7.11 Å². The van der Waals surface area contributed by atoms with Crippen LogP contribution in [0.5, 0.6) is 17.2 Å². The Balaban J connectivity index is 1.66. The number of thioether (sulfide) groups is 1. The highest BCUT2D eigenvalue weighted by molar-refractivity contribution is 8.25. The molecule has 0 atom stereocenters. The van der Waals surface area contributed by atoms with Crippen molar-refractivity contribution < 1.29 is 24.1 Å². The van der Waals surface area contributed by atoms with Crippen LogP contribution in [0.25, 0.3) is 6.08 Å². The molecular weight excluding hydrogens is 456 g/mol. The van der Waals surface area contributed by atoms with Gasteiger partial charge in [0.25, 0.3) is 11.6 Å². The molecule has 2 aromatic rings. The molecule has 0 spiro atoms. The molecule has 33 heavy (non-hydrogen) atoms. The van der Waals surface area contributed by atoms with Crippen LogP contribution in [0.2, 0.25) is 0 Å². The summed E-state index contributed by atoms with van der Waals surface area (Å²) in [6.45, 7) is 0. The largest absolute Gasteiger partial charge is 0.493 e. The first kappa shape index (κ1) is 21.6. The number of ether oxygens (including phenoxy) is 2. The van der Waals surface area contributed by atoms with Crippen LogP contribution in [0.15, 0.2) is 52.1 Å². The van der Waals surface area contributed by atoms with Crippen LogP contribution in [0, 0.1) is 25.6 Å². The zero-order valence-corrected chi connectivity index (χ0v) is 17.4. The molecule has 0 saturated heterocycles. The average Bonchev–Trinajstić information content (AvgIpc) is 3.26. The van der Waals surface area contributed by atoms with Gasteiger partial charge in [-0.3, -0.25) is 30.4 Å². The molecule has 2 heterocycles. The molecule has 0 unspecified atom stereocenters. The van der Waals surface area contributed by atoms with Crippen LogP contribution < -0.4 is 9.47 Å². The number of non-ortho nitro benzene ring substituents is 1. The number of benzene rings is 2. The van der Waals surface area contributed by atoms with Crippen molar-refractivity contribution in [1.82, 2.24) is 5.01 Å². The maximum Gasteiger partial charge on any atom is 0.318 e. The van der Waals surface area contributed by atoms with Gasteiger partial charge in [-0.05, 0) is 41.6 Å². The van der Waals surface area contributed by atoms with Gasteiger partial charge in [0.2, 0.25) is 5.75 Å². The van der Waals surface area contributed by atoms with Crippen molar-refractivity contribution >= 4 is 51.7 Å². The standard InChI is InChI=1S/C19H12N6O7S/c1-31-16-7-10(6-12-17(20)23-19(22-18(12)26)33-9-21-23)2-4-15(16)32-14-5-3-11(24(27)28)8-13(14)25(29)30/h2-9,20H,1H3/b12-6+,20-17?. The van der Waals surface area contributed by atoms with Gasteiger partial charge in [-0.1, -0.05) is 6.07 Å². The van der Waals surface area contributed by atoms with Gasteiger partial charge in [-0.25, -0.2) is 0 Å². The van der Waals surface area contributed by atoms with E-state index in [-0.39, 0.29) is 28.7 Å². The second kappa shape index (κ2) is 8.51. The molecular formula is C19H12N6O7S. The van der Waals surface area contributed by atoms with Crippen molar-refractivity contribution in [3.8, 4) is 17.2 Å².